The number of amides is 1. The van der Waals surface area contributed by atoms with Crippen LogP contribution in [0.4, 0.5) is 0 Å². The summed E-state index contributed by atoms with van der Waals surface area (Å²) in [7, 11) is 0. The van der Waals surface area contributed by atoms with Crippen LogP contribution >= 0.6 is 0 Å². The molecule has 2 aromatic carbocycles. The first-order valence-electron chi connectivity index (χ1n) is 11.1. The van der Waals surface area contributed by atoms with Crippen molar-refractivity contribution in [2.45, 2.75) is 52.0 Å². The fraction of sp³-hybridized carbons (Fsp3) is 0.385. The summed E-state index contributed by atoms with van der Waals surface area (Å²) >= 11 is 0. The lowest BCUT2D eigenvalue weighted by molar-refractivity contribution is -0.137. The van der Waals surface area contributed by atoms with Crippen LogP contribution in [0.5, 0.6) is 0 Å². The van der Waals surface area contributed by atoms with Crippen molar-refractivity contribution < 1.29 is 4.79 Å². The highest BCUT2D eigenvalue weighted by atomic mass is 16.2. The number of carbonyl (C=O) groups is 1. The Hall–Kier alpha value is -2.88. The Balaban J connectivity index is 1.59. The van der Waals surface area contributed by atoms with Crippen LogP contribution in [0.2, 0.25) is 0 Å². The van der Waals surface area contributed by atoms with Gasteiger partial charge in [0.2, 0.25) is 5.91 Å². The van der Waals surface area contributed by atoms with Crippen molar-refractivity contribution in [3.8, 4) is 0 Å². The minimum atomic E-state index is -0.103. The summed E-state index contributed by atoms with van der Waals surface area (Å²) in [5, 5.41) is 1.00. The summed E-state index contributed by atoms with van der Waals surface area (Å²) < 4.78 is 0. The van der Waals surface area contributed by atoms with Gasteiger partial charge in [-0.15, -0.1) is 0 Å². The molecule has 0 atom stereocenters. The number of aryl methyl sites for hydroxylation is 1. The van der Waals surface area contributed by atoms with Crippen LogP contribution < -0.4 is 5.56 Å². The summed E-state index contributed by atoms with van der Waals surface area (Å²) in [5.74, 6) is 0.297. The van der Waals surface area contributed by atoms with Gasteiger partial charge >= 0.3 is 0 Å². The Morgan fingerprint density at radius 1 is 1.03 bits per heavy atom. The number of hydrogen-bond donors (Lipinski definition) is 1. The number of rotatable bonds is 6. The van der Waals surface area contributed by atoms with Crippen molar-refractivity contribution in [2.75, 3.05) is 6.54 Å². The average Bonchev–Trinajstić information content (AvgIpc) is 2.78. The van der Waals surface area contributed by atoms with E-state index < -0.39 is 0 Å². The number of H-pyrrole nitrogens is 1. The minimum absolute atomic E-state index is 0.0942. The smallest absolute Gasteiger partial charge is 0.253 e. The molecule has 1 fully saturated rings. The normalized spacial score (nSPS) is 14.7. The van der Waals surface area contributed by atoms with E-state index in [1.165, 1.54) is 12.0 Å². The highest BCUT2D eigenvalue weighted by Gasteiger charge is 2.26. The Morgan fingerprint density at radius 3 is 2.57 bits per heavy atom. The predicted molar refractivity (Wildman–Crippen MR) is 121 cm³/mol. The molecule has 30 heavy (non-hydrogen) atoms. The molecule has 0 aliphatic heterocycles. The number of aromatic nitrogens is 1. The van der Waals surface area contributed by atoms with E-state index in [2.05, 4.69) is 17.1 Å². The lowest BCUT2D eigenvalue weighted by Gasteiger charge is -2.29. The summed E-state index contributed by atoms with van der Waals surface area (Å²) in [6.45, 7) is 3.01. The molecule has 1 aromatic heterocycles. The number of fused-ring (bicyclic) bond motifs is 1. The van der Waals surface area contributed by atoms with Gasteiger partial charge in [-0.25, -0.2) is 0 Å². The molecule has 1 saturated carbocycles. The van der Waals surface area contributed by atoms with Crippen molar-refractivity contribution in [2.24, 2.45) is 5.92 Å². The highest BCUT2D eigenvalue weighted by molar-refractivity contribution is 5.81. The second-order valence-electron chi connectivity index (χ2n) is 8.54. The number of carbonyl (C=O) groups excluding carboxylic acids is 1. The van der Waals surface area contributed by atoms with E-state index in [0.29, 0.717) is 18.7 Å². The molecule has 0 spiro atoms. The quantitative estimate of drug-likeness (QED) is 0.632. The average molecular weight is 403 g/mol. The molecule has 0 radical (unpaired) electrons. The predicted octanol–water partition coefficient (Wildman–Crippen LogP) is 4.99. The van der Waals surface area contributed by atoms with Crippen LogP contribution in [0.15, 0.2) is 59.4 Å². The summed E-state index contributed by atoms with van der Waals surface area (Å²) in [5.41, 5.74) is 3.72. The molecule has 1 heterocycles. The van der Waals surface area contributed by atoms with Crippen LogP contribution in [-0.4, -0.2) is 22.3 Å². The van der Waals surface area contributed by atoms with Crippen molar-refractivity contribution >= 4 is 16.8 Å². The van der Waals surface area contributed by atoms with E-state index >= 15 is 0 Å². The highest BCUT2D eigenvalue weighted by Crippen LogP contribution is 2.26. The number of nitrogens with zero attached hydrogens (tertiary/aromatic N) is 1. The molecular formula is C26H30N2O2. The zero-order valence-electron chi connectivity index (χ0n) is 17.7. The van der Waals surface area contributed by atoms with Crippen LogP contribution in [0.25, 0.3) is 10.9 Å². The summed E-state index contributed by atoms with van der Waals surface area (Å²) in [6.07, 6.45) is 6.20. The first-order valence-corrected chi connectivity index (χ1v) is 11.1. The molecule has 0 bridgehead atoms. The summed E-state index contributed by atoms with van der Waals surface area (Å²) in [6, 6.07) is 18.2. The molecule has 3 aromatic rings. The van der Waals surface area contributed by atoms with E-state index in [0.717, 1.165) is 48.6 Å². The summed E-state index contributed by atoms with van der Waals surface area (Å²) in [4.78, 5) is 31.0. The first kappa shape index (κ1) is 20.4. The van der Waals surface area contributed by atoms with Gasteiger partial charge in [0, 0.05) is 23.5 Å². The van der Waals surface area contributed by atoms with Gasteiger partial charge in [0.05, 0.1) is 6.54 Å². The standard InChI is InChI=1S/C26H30N2O2/c1-19-12-13-22-17-23(25(29)27-24(22)16-19)18-28(15-14-20-8-4-2-5-9-20)26(30)21-10-6-3-7-11-21/h2,4-5,8-9,12-13,16-17,21H,3,6-7,10-11,14-15,18H2,1H3,(H,27,29). The second-order valence-corrected chi connectivity index (χ2v) is 8.54. The Morgan fingerprint density at radius 2 is 1.80 bits per heavy atom. The molecule has 0 unspecified atom stereocenters. The molecule has 1 aliphatic rings. The monoisotopic (exact) mass is 402 g/mol. The van der Waals surface area contributed by atoms with Gasteiger partial charge < -0.3 is 9.88 Å². The van der Waals surface area contributed by atoms with E-state index in [1.54, 1.807) is 0 Å². The number of aromatic amines is 1. The number of benzene rings is 2. The Kier molecular flexibility index (Phi) is 6.32. The molecule has 156 valence electrons. The topological polar surface area (TPSA) is 53.2 Å². The molecule has 1 aliphatic carbocycles. The first-order chi connectivity index (χ1) is 14.6. The van der Waals surface area contributed by atoms with Gasteiger partial charge in [-0.05, 0) is 54.8 Å². The third-order valence-corrected chi connectivity index (χ3v) is 6.22. The largest absolute Gasteiger partial charge is 0.338 e. The van der Waals surface area contributed by atoms with E-state index in [9.17, 15) is 9.59 Å². The van der Waals surface area contributed by atoms with Crippen LogP contribution in [-0.2, 0) is 17.8 Å². The second kappa shape index (κ2) is 9.29. The SMILES string of the molecule is Cc1ccc2cc(CN(CCc3ccccc3)C(=O)C3CCCCC3)c(=O)[nH]c2c1. The number of pyridine rings is 1. The van der Waals surface area contributed by atoms with Crippen molar-refractivity contribution in [1.82, 2.24) is 9.88 Å². The maximum Gasteiger partial charge on any atom is 0.253 e. The lowest BCUT2D eigenvalue weighted by atomic mass is 9.88. The van der Waals surface area contributed by atoms with Crippen LogP contribution in [0.1, 0.15) is 48.8 Å². The molecule has 4 heteroatoms. The van der Waals surface area contributed by atoms with Crippen LogP contribution in [0.3, 0.4) is 0 Å². The molecule has 1 N–H and O–H groups in total. The van der Waals surface area contributed by atoms with Gasteiger partial charge in [0.1, 0.15) is 0 Å². The van der Waals surface area contributed by atoms with Crippen molar-refractivity contribution in [1.29, 1.82) is 0 Å². The Bertz CT molecular complexity index is 1070. The third kappa shape index (κ3) is 4.81. The lowest BCUT2D eigenvalue weighted by Crippen LogP contribution is -2.39. The van der Waals surface area contributed by atoms with E-state index in [4.69, 9.17) is 0 Å². The molecule has 1 amide bonds. The minimum Gasteiger partial charge on any atom is -0.338 e. The van der Waals surface area contributed by atoms with Gasteiger partial charge in [-0.1, -0.05) is 61.7 Å². The zero-order valence-corrected chi connectivity index (χ0v) is 17.7. The van der Waals surface area contributed by atoms with Gasteiger partial charge in [-0.2, -0.15) is 0 Å². The van der Waals surface area contributed by atoms with Crippen molar-refractivity contribution in [3.63, 3.8) is 0 Å². The van der Waals surface area contributed by atoms with Crippen molar-refractivity contribution in [3.05, 3.63) is 81.6 Å². The Labute approximate surface area is 177 Å². The molecular weight excluding hydrogens is 372 g/mol. The third-order valence-electron chi connectivity index (χ3n) is 6.22. The molecule has 0 saturated heterocycles. The van der Waals surface area contributed by atoms with Gasteiger partial charge in [-0.3, -0.25) is 9.59 Å². The van der Waals surface area contributed by atoms with E-state index in [-0.39, 0.29) is 17.4 Å². The number of hydrogen-bond acceptors (Lipinski definition) is 2. The fourth-order valence-electron chi connectivity index (χ4n) is 4.47. The van der Waals surface area contributed by atoms with Crippen LogP contribution in [0, 0.1) is 12.8 Å². The molecule has 4 rings (SSSR count). The van der Waals surface area contributed by atoms with Gasteiger partial charge in [0.25, 0.3) is 5.56 Å². The van der Waals surface area contributed by atoms with Gasteiger partial charge in [0.15, 0.2) is 0 Å². The van der Waals surface area contributed by atoms with E-state index in [1.807, 2.05) is 54.3 Å². The maximum atomic E-state index is 13.4. The zero-order chi connectivity index (χ0) is 20.9. The number of nitrogens with one attached hydrogen (secondary N) is 1. The maximum absolute atomic E-state index is 13.4. The fourth-order valence-corrected chi connectivity index (χ4v) is 4.47. The molecule has 4 nitrogen and oxygen atoms in total.